The van der Waals surface area contributed by atoms with Crippen LogP contribution in [0.4, 0.5) is 21.0 Å². The highest BCUT2D eigenvalue weighted by atomic mass is 35.5. The summed E-state index contributed by atoms with van der Waals surface area (Å²) in [4.78, 5) is 51.2. The Kier molecular flexibility index (Phi) is 10.5. The summed E-state index contributed by atoms with van der Waals surface area (Å²) in [6, 6.07) is 2.85. The van der Waals surface area contributed by atoms with E-state index >= 15 is 0 Å². The molecule has 4 aliphatic rings. The summed E-state index contributed by atoms with van der Waals surface area (Å²) in [5.41, 5.74) is 9.66. The van der Waals surface area contributed by atoms with Crippen LogP contribution in [0, 0.1) is 12.3 Å². The fourth-order valence-electron chi connectivity index (χ4n) is 7.33. The highest BCUT2D eigenvalue weighted by Gasteiger charge is 2.35. The van der Waals surface area contributed by atoms with Gasteiger partial charge in [0.2, 0.25) is 5.91 Å². The van der Waals surface area contributed by atoms with E-state index in [-0.39, 0.29) is 30.4 Å². The molecule has 11 nitrogen and oxygen atoms in total. The molecule has 47 heavy (non-hydrogen) atoms. The second-order valence-corrected chi connectivity index (χ2v) is 14.3. The smallest absolute Gasteiger partial charge is 0.322 e. The number of likely N-dealkylation sites (N-methyl/N-ethyl adjacent to an activating group) is 1. The second kappa shape index (κ2) is 14.7. The van der Waals surface area contributed by atoms with Crippen molar-refractivity contribution in [1.29, 1.82) is 0 Å². The molecule has 5 amide bonds. The third-order valence-electron chi connectivity index (χ3n) is 10.3. The van der Waals surface area contributed by atoms with Crippen molar-refractivity contribution in [3.63, 3.8) is 0 Å². The number of terminal acetylenes is 1. The van der Waals surface area contributed by atoms with E-state index in [1.165, 1.54) is 5.56 Å². The van der Waals surface area contributed by atoms with Gasteiger partial charge in [-0.1, -0.05) is 17.5 Å². The number of carbonyl (C=O) groups excluding carboxylic acids is 3. The molecule has 0 bridgehead atoms. The zero-order chi connectivity index (χ0) is 33.1. The maximum Gasteiger partial charge on any atom is 0.322 e. The number of anilines is 2. The Balaban J connectivity index is 1.09. The third kappa shape index (κ3) is 7.64. The number of piperidine rings is 2. The molecule has 4 N–H and O–H groups in total. The number of amides is 5. The summed E-state index contributed by atoms with van der Waals surface area (Å²) >= 11 is 8.00. The molecule has 1 atom stereocenters. The summed E-state index contributed by atoms with van der Waals surface area (Å²) in [6.45, 7) is 7.17. The molecule has 6 rings (SSSR count). The summed E-state index contributed by atoms with van der Waals surface area (Å²) in [5, 5.41) is 10.5. The number of carbonyl (C=O) groups is 3. The van der Waals surface area contributed by atoms with Crippen molar-refractivity contribution in [3.05, 3.63) is 44.6 Å². The number of nitrogens with zero attached hydrogens (tertiary/aromatic N) is 5. The summed E-state index contributed by atoms with van der Waals surface area (Å²) in [6.07, 6.45) is 9.90. The number of urea groups is 2. The summed E-state index contributed by atoms with van der Waals surface area (Å²) < 4.78 is 0. The fraction of sp³-hybridized carbons (Fsp3) is 0.559. The van der Waals surface area contributed by atoms with Crippen LogP contribution in [-0.4, -0.2) is 127 Å². The van der Waals surface area contributed by atoms with E-state index in [1.807, 2.05) is 15.2 Å². The van der Waals surface area contributed by atoms with Crippen LogP contribution in [0.25, 0.3) is 0 Å². The van der Waals surface area contributed by atoms with Gasteiger partial charge in [0.05, 0.1) is 16.4 Å². The van der Waals surface area contributed by atoms with Crippen LogP contribution in [0.1, 0.15) is 42.4 Å². The van der Waals surface area contributed by atoms with Gasteiger partial charge in [0.15, 0.2) is 0 Å². The third-order valence-corrected chi connectivity index (χ3v) is 11.4. The van der Waals surface area contributed by atoms with Gasteiger partial charge in [-0.3, -0.25) is 9.69 Å². The number of nitrogens with one attached hydrogen (secondary N) is 2. The largest absolute Gasteiger partial charge is 0.397 e. The van der Waals surface area contributed by atoms with E-state index < -0.39 is 6.04 Å². The SMILES string of the molecule is C#Cc1cc(C[C@@H](NC(=O)N2CCC(N3CCc4cscc4NC3=O)CC2)C(=O)N2CCC(N3CCN(C)CC3)CC2)cc(Cl)c1N. The van der Waals surface area contributed by atoms with Gasteiger partial charge in [-0.2, -0.15) is 0 Å². The summed E-state index contributed by atoms with van der Waals surface area (Å²) in [7, 11) is 2.16. The standard InChI is InChI=1S/C34H45ClN8O3S/c1-3-24-18-23(19-28(35)31(24)36)20-29(32(44)41-9-5-26(6-10-41)40-16-14-39(2)15-17-40)37-33(45)42-11-7-27(8-12-42)43-13-4-25-21-47-22-30(25)38-34(43)46/h1,18-19,21-22,26-27,29H,4-17,20,36H2,2H3,(H,37,45)(H,38,46)/t29-/m1/s1. The predicted molar refractivity (Wildman–Crippen MR) is 187 cm³/mol. The van der Waals surface area contributed by atoms with E-state index in [1.54, 1.807) is 28.4 Å². The van der Waals surface area contributed by atoms with Gasteiger partial charge < -0.3 is 36.0 Å². The minimum atomic E-state index is -0.791. The second-order valence-electron chi connectivity index (χ2n) is 13.2. The van der Waals surface area contributed by atoms with E-state index in [4.69, 9.17) is 23.8 Å². The van der Waals surface area contributed by atoms with Crippen molar-refractivity contribution in [3.8, 4) is 12.3 Å². The van der Waals surface area contributed by atoms with Crippen LogP contribution in [0.15, 0.2) is 22.9 Å². The Morgan fingerprint density at radius 1 is 1.02 bits per heavy atom. The van der Waals surface area contributed by atoms with Gasteiger partial charge in [-0.25, -0.2) is 9.59 Å². The molecule has 0 unspecified atom stereocenters. The van der Waals surface area contributed by atoms with Gasteiger partial charge in [0, 0.05) is 88.4 Å². The van der Waals surface area contributed by atoms with E-state index in [0.29, 0.717) is 67.9 Å². The number of likely N-dealkylation sites (tertiary alicyclic amines) is 2. The van der Waals surface area contributed by atoms with E-state index in [0.717, 1.165) is 56.7 Å². The molecule has 2 aromatic rings. The minimum Gasteiger partial charge on any atom is -0.397 e. The molecule has 0 radical (unpaired) electrons. The van der Waals surface area contributed by atoms with Gasteiger partial charge in [-0.15, -0.1) is 17.8 Å². The zero-order valence-corrected chi connectivity index (χ0v) is 28.6. The number of rotatable bonds is 6. The number of fused-ring (bicyclic) bond motifs is 1. The van der Waals surface area contributed by atoms with Crippen LogP contribution in [-0.2, 0) is 17.6 Å². The minimum absolute atomic E-state index is 0.0462. The van der Waals surface area contributed by atoms with Crippen molar-refractivity contribution in [2.75, 3.05) is 77.0 Å². The lowest BCUT2D eigenvalue weighted by atomic mass is 9.98. The molecule has 0 aliphatic carbocycles. The number of nitrogens with two attached hydrogens (primary N) is 1. The molecule has 5 heterocycles. The van der Waals surface area contributed by atoms with E-state index in [9.17, 15) is 14.4 Å². The Labute approximate surface area is 286 Å². The van der Waals surface area contributed by atoms with Crippen molar-refractivity contribution >= 4 is 52.3 Å². The lowest BCUT2D eigenvalue weighted by molar-refractivity contribution is -0.135. The lowest BCUT2D eigenvalue weighted by Gasteiger charge is -2.42. The number of benzene rings is 1. The zero-order valence-electron chi connectivity index (χ0n) is 27.0. The molecular formula is C34H45ClN8O3S. The Morgan fingerprint density at radius 3 is 2.40 bits per heavy atom. The fourth-order valence-corrected chi connectivity index (χ4v) is 8.40. The maximum atomic E-state index is 14.1. The Hall–Kier alpha value is -3.50. The van der Waals surface area contributed by atoms with E-state index in [2.05, 4.69) is 38.8 Å². The number of hydrogen-bond donors (Lipinski definition) is 3. The van der Waals surface area contributed by atoms with Crippen molar-refractivity contribution in [2.24, 2.45) is 0 Å². The number of nitrogen functional groups attached to an aromatic ring is 1. The highest BCUT2D eigenvalue weighted by molar-refractivity contribution is 7.08. The van der Waals surface area contributed by atoms with Gasteiger partial charge in [0.25, 0.3) is 0 Å². The molecule has 0 spiro atoms. The van der Waals surface area contributed by atoms with Crippen molar-refractivity contribution in [1.82, 2.24) is 29.8 Å². The van der Waals surface area contributed by atoms with Crippen molar-refractivity contribution < 1.29 is 14.4 Å². The highest BCUT2D eigenvalue weighted by Crippen LogP contribution is 2.28. The quantitative estimate of drug-likeness (QED) is 0.318. The molecule has 3 saturated heterocycles. The predicted octanol–water partition coefficient (Wildman–Crippen LogP) is 3.38. The van der Waals surface area contributed by atoms with Gasteiger partial charge >= 0.3 is 12.1 Å². The molecule has 252 valence electrons. The molecule has 1 aromatic carbocycles. The molecule has 1 aromatic heterocycles. The molecular weight excluding hydrogens is 636 g/mol. The first-order valence-electron chi connectivity index (χ1n) is 16.6. The average Bonchev–Trinajstić information content (AvgIpc) is 3.46. The lowest BCUT2D eigenvalue weighted by Crippen LogP contribution is -2.58. The maximum absolute atomic E-state index is 14.1. The Bertz CT molecular complexity index is 1500. The van der Waals surface area contributed by atoms with Crippen molar-refractivity contribution in [2.45, 2.75) is 56.7 Å². The Morgan fingerprint density at radius 2 is 1.70 bits per heavy atom. The van der Waals surface area contributed by atoms with Crippen LogP contribution >= 0.6 is 22.9 Å². The molecule has 3 fully saturated rings. The first-order valence-corrected chi connectivity index (χ1v) is 18.0. The number of hydrogen-bond acceptors (Lipinski definition) is 7. The normalized spacial score (nSPS) is 21.0. The average molecular weight is 681 g/mol. The number of piperazine rings is 1. The van der Waals surface area contributed by atoms with Crippen LogP contribution in [0.2, 0.25) is 5.02 Å². The molecule has 0 saturated carbocycles. The van der Waals surface area contributed by atoms with Gasteiger partial charge in [-0.05, 0) is 67.8 Å². The van der Waals surface area contributed by atoms with Gasteiger partial charge in [0.1, 0.15) is 6.04 Å². The first-order chi connectivity index (χ1) is 22.7. The summed E-state index contributed by atoms with van der Waals surface area (Å²) in [5.74, 6) is 2.47. The van der Waals surface area contributed by atoms with Crippen LogP contribution in [0.5, 0.6) is 0 Å². The molecule has 4 aliphatic heterocycles. The number of thiophene rings is 1. The van der Waals surface area contributed by atoms with Crippen LogP contribution < -0.4 is 16.4 Å². The number of halogens is 1. The first kappa shape index (κ1) is 33.4. The topological polar surface area (TPSA) is 117 Å². The molecule has 13 heteroatoms. The van der Waals surface area contributed by atoms with Crippen LogP contribution in [0.3, 0.4) is 0 Å². The monoisotopic (exact) mass is 680 g/mol.